The minimum Gasteiger partial charge on any atom is -0.391 e. The molecule has 186 valence electrons. The van der Waals surface area contributed by atoms with Gasteiger partial charge in [-0.25, -0.2) is 4.99 Å². The molecule has 1 rings (SSSR count). The van der Waals surface area contributed by atoms with Gasteiger partial charge in [-0.05, 0) is 56.8 Å². The Morgan fingerprint density at radius 2 is 1.78 bits per heavy atom. The van der Waals surface area contributed by atoms with Crippen molar-refractivity contribution >= 4 is 6.21 Å². The summed E-state index contributed by atoms with van der Waals surface area (Å²) in [6, 6.07) is 0. The molecular formula is C27H49NO4. The van der Waals surface area contributed by atoms with Crippen molar-refractivity contribution in [1.82, 2.24) is 0 Å². The fourth-order valence-electron chi connectivity index (χ4n) is 4.83. The molecule has 1 fully saturated rings. The summed E-state index contributed by atoms with van der Waals surface area (Å²) in [7, 11) is 1.73. The second-order valence-corrected chi connectivity index (χ2v) is 9.40. The maximum absolute atomic E-state index is 8.69. The molecule has 3 unspecified atom stereocenters. The summed E-state index contributed by atoms with van der Waals surface area (Å²) in [6.07, 6.45) is 16.6. The van der Waals surface area contributed by atoms with Crippen LogP contribution in [0, 0.1) is 41.4 Å². The van der Waals surface area contributed by atoms with E-state index in [1.54, 1.807) is 7.11 Å². The smallest absolute Gasteiger partial charge is 0.102 e. The lowest BCUT2D eigenvalue weighted by molar-refractivity contribution is -0.306. The summed E-state index contributed by atoms with van der Waals surface area (Å²) in [5.41, 5.74) is 0. The van der Waals surface area contributed by atoms with Crippen molar-refractivity contribution < 1.29 is 19.7 Å². The van der Waals surface area contributed by atoms with E-state index in [-0.39, 0.29) is 12.5 Å². The van der Waals surface area contributed by atoms with E-state index in [1.807, 2.05) is 0 Å². The van der Waals surface area contributed by atoms with Crippen molar-refractivity contribution in [1.29, 1.82) is 0 Å². The van der Waals surface area contributed by atoms with Gasteiger partial charge in [0.05, 0.1) is 19.4 Å². The van der Waals surface area contributed by atoms with Gasteiger partial charge in [0.1, 0.15) is 6.61 Å². The van der Waals surface area contributed by atoms with Gasteiger partial charge in [-0.2, -0.15) is 4.89 Å². The number of nitrogens with zero attached hydrogens (tertiary/aromatic N) is 1. The molecule has 1 N–H and O–H groups in total. The van der Waals surface area contributed by atoms with Crippen molar-refractivity contribution in [2.75, 3.05) is 26.9 Å². The van der Waals surface area contributed by atoms with Crippen LogP contribution < -0.4 is 0 Å². The van der Waals surface area contributed by atoms with Crippen LogP contribution in [0.15, 0.2) is 5.16 Å². The number of rotatable bonds is 17. The quantitative estimate of drug-likeness (QED) is 0.0914. The molecular weight excluding hydrogens is 402 g/mol. The van der Waals surface area contributed by atoms with Gasteiger partial charge in [0.2, 0.25) is 0 Å². The van der Waals surface area contributed by atoms with Crippen molar-refractivity contribution in [2.24, 2.45) is 34.7 Å². The van der Waals surface area contributed by atoms with Crippen LogP contribution in [0.25, 0.3) is 0 Å². The predicted molar refractivity (Wildman–Crippen MR) is 132 cm³/mol. The Morgan fingerprint density at radius 1 is 1.00 bits per heavy atom. The van der Waals surface area contributed by atoms with E-state index in [0.29, 0.717) is 31.0 Å². The number of unbranched alkanes of at least 4 members (excludes halogenated alkanes) is 2. The van der Waals surface area contributed by atoms with Gasteiger partial charge in [-0.1, -0.05) is 69.9 Å². The first-order valence-corrected chi connectivity index (χ1v) is 13.1. The predicted octanol–water partition coefficient (Wildman–Crippen LogP) is 6.40. The maximum Gasteiger partial charge on any atom is 0.102 e. The molecule has 5 nitrogen and oxygen atoms in total. The molecule has 0 bridgehead atoms. The second-order valence-electron chi connectivity index (χ2n) is 9.40. The highest BCUT2D eigenvalue weighted by atomic mass is 17.3. The molecule has 0 radical (unpaired) electrons. The number of aliphatic hydroxyl groups is 1. The third-order valence-electron chi connectivity index (χ3n) is 7.04. The third kappa shape index (κ3) is 12.8. The van der Waals surface area contributed by atoms with E-state index in [9.17, 15) is 0 Å². The Labute approximate surface area is 197 Å². The lowest BCUT2D eigenvalue weighted by atomic mass is 9.79. The zero-order valence-corrected chi connectivity index (χ0v) is 21.2. The number of hydrogen-bond donors (Lipinski definition) is 1. The average molecular weight is 452 g/mol. The molecule has 0 aromatic heterocycles. The van der Waals surface area contributed by atoms with Crippen LogP contribution in [0.4, 0.5) is 0 Å². The lowest BCUT2D eigenvalue weighted by Crippen LogP contribution is -2.25. The molecule has 0 aromatic carbocycles. The fraction of sp³-hybridized carbons (Fsp3) is 0.889. The zero-order chi connectivity index (χ0) is 23.4. The highest BCUT2D eigenvalue weighted by Crippen LogP contribution is 2.32. The Kier molecular flexibility index (Phi) is 17.5. The van der Waals surface area contributed by atoms with Crippen LogP contribution >= 0.6 is 0 Å². The Hall–Kier alpha value is -1.09. The van der Waals surface area contributed by atoms with Crippen LogP contribution in [0.1, 0.15) is 97.8 Å². The molecule has 1 aliphatic rings. The molecule has 0 spiro atoms. The lowest BCUT2D eigenvalue weighted by Gasteiger charge is -2.26. The molecule has 32 heavy (non-hydrogen) atoms. The van der Waals surface area contributed by atoms with Crippen molar-refractivity contribution in [2.45, 2.75) is 97.8 Å². The van der Waals surface area contributed by atoms with Crippen LogP contribution in [0.3, 0.4) is 0 Å². The van der Waals surface area contributed by atoms with E-state index in [1.165, 1.54) is 57.6 Å². The van der Waals surface area contributed by atoms with Crippen LogP contribution in [0.5, 0.6) is 0 Å². The molecule has 3 atom stereocenters. The molecule has 0 saturated heterocycles. The summed E-state index contributed by atoms with van der Waals surface area (Å²) < 4.78 is 5.42. The molecule has 0 heterocycles. The number of oxime groups is 1. The largest absolute Gasteiger partial charge is 0.391 e. The van der Waals surface area contributed by atoms with Crippen LogP contribution in [-0.4, -0.2) is 38.3 Å². The van der Waals surface area contributed by atoms with Gasteiger partial charge in [0, 0.05) is 24.9 Å². The third-order valence-corrected chi connectivity index (χ3v) is 7.04. The molecule has 1 saturated carbocycles. The first-order valence-electron chi connectivity index (χ1n) is 13.1. The van der Waals surface area contributed by atoms with E-state index in [2.05, 4.69) is 37.8 Å². The monoisotopic (exact) mass is 451 g/mol. The summed E-state index contributed by atoms with van der Waals surface area (Å²) in [5, 5.41) is 12.2. The van der Waals surface area contributed by atoms with Gasteiger partial charge in [0.25, 0.3) is 0 Å². The summed E-state index contributed by atoms with van der Waals surface area (Å²) in [6.45, 7) is 7.67. The molecule has 5 heteroatoms. The van der Waals surface area contributed by atoms with Gasteiger partial charge in [-0.15, -0.1) is 0 Å². The fourth-order valence-corrected chi connectivity index (χ4v) is 4.83. The van der Waals surface area contributed by atoms with Crippen LogP contribution in [-0.2, 0) is 14.6 Å². The Bertz CT molecular complexity index is 519. The topological polar surface area (TPSA) is 60.3 Å². The van der Waals surface area contributed by atoms with Gasteiger partial charge in [-0.3, -0.25) is 0 Å². The van der Waals surface area contributed by atoms with Crippen molar-refractivity contribution in [3.63, 3.8) is 0 Å². The van der Waals surface area contributed by atoms with E-state index < -0.39 is 0 Å². The zero-order valence-electron chi connectivity index (χ0n) is 21.2. The second kappa shape index (κ2) is 19.4. The standard InChI is InChI=1S/C27H49NO4/c1-5-8-9-10-24-13-15-25(16-14-24)12-11-23(6-2)17-18-26(7-3)27(21-30-4)22-31-32-28-19-20-29/h19,23-27,29H,5-10,13-18,20-22H2,1-4H3/b28-19+. The van der Waals surface area contributed by atoms with E-state index >= 15 is 0 Å². The van der Waals surface area contributed by atoms with Gasteiger partial charge >= 0.3 is 0 Å². The SMILES string of the molecule is CCCCCC1CCC(C#CC(CC)CCC(CC)C(COC)COO/N=C/CO)CC1. The molecule has 1 aliphatic carbocycles. The van der Waals surface area contributed by atoms with Crippen molar-refractivity contribution in [3.8, 4) is 11.8 Å². The number of aliphatic hydroxyl groups excluding tert-OH is 1. The number of methoxy groups -OCH3 is 1. The molecule has 0 aromatic rings. The summed E-state index contributed by atoms with van der Waals surface area (Å²) in [5.74, 6) is 10.1. The average Bonchev–Trinajstić information content (AvgIpc) is 2.82. The number of ether oxygens (including phenoxy) is 1. The van der Waals surface area contributed by atoms with Gasteiger partial charge in [0.15, 0.2) is 0 Å². The first-order chi connectivity index (χ1) is 15.7. The van der Waals surface area contributed by atoms with E-state index in [0.717, 1.165) is 31.6 Å². The van der Waals surface area contributed by atoms with Gasteiger partial charge < -0.3 is 9.84 Å². The van der Waals surface area contributed by atoms with Crippen molar-refractivity contribution in [3.05, 3.63) is 0 Å². The number of hydrogen-bond acceptors (Lipinski definition) is 5. The first kappa shape index (κ1) is 28.9. The maximum atomic E-state index is 8.69. The Balaban J connectivity index is 2.45. The minimum absolute atomic E-state index is 0.164. The normalized spacial score (nSPS) is 21.7. The molecule has 0 aliphatic heterocycles. The van der Waals surface area contributed by atoms with Crippen LogP contribution in [0.2, 0.25) is 0 Å². The highest BCUT2D eigenvalue weighted by molar-refractivity contribution is 5.56. The summed E-state index contributed by atoms with van der Waals surface area (Å²) in [4.78, 5) is 9.98. The van der Waals surface area contributed by atoms with E-state index in [4.69, 9.17) is 19.7 Å². The highest BCUT2D eigenvalue weighted by Gasteiger charge is 2.23. The summed E-state index contributed by atoms with van der Waals surface area (Å²) >= 11 is 0. The Morgan fingerprint density at radius 3 is 2.41 bits per heavy atom. The molecule has 0 amide bonds. The minimum atomic E-state index is -0.164.